The van der Waals surface area contributed by atoms with Crippen LogP contribution in [0.15, 0.2) is 86.2 Å². The van der Waals surface area contributed by atoms with E-state index in [1.807, 2.05) is 36.4 Å². The van der Waals surface area contributed by atoms with E-state index < -0.39 is 12.0 Å². The Morgan fingerprint density at radius 1 is 1.10 bits per heavy atom. The van der Waals surface area contributed by atoms with E-state index in [0.29, 0.717) is 42.1 Å². The first-order valence-corrected chi connectivity index (χ1v) is 15.3. The van der Waals surface area contributed by atoms with Crippen LogP contribution >= 0.6 is 50.5 Å². The van der Waals surface area contributed by atoms with E-state index in [4.69, 9.17) is 37.4 Å². The lowest BCUT2D eigenvalue weighted by molar-refractivity contribution is -0.139. The molecule has 1 atom stereocenters. The highest BCUT2D eigenvalue weighted by Gasteiger charge is 2.33. The molecule has 1 aromatic heterocycles. The molecule has 0 radical (unpaired) electrons. The number of hydrogen-bond acceptors (Lipinski definition) is 7. The monoisotopic (exact) mass is 686 g/mol. The number of methoxy groups -OCH3 is 1. The van der Waals surface area contributed by atoms with Crippen molar-refractivity contribution < 1.29 is 19.0 Å². The average molecular weight is 688 g/mol. The number of fused-ring (bicyclic) bond motifs is 1. The van der Waals surface area contributed by atoms with Gasteiger partial charge in [0.25, 0.3) is 5.56 Å². The van der Waals surface area contributed by atoms with Gasteiger partial charge in [-0.2, -0.15) is 0 Å². The van der Waals surface area contributed by atoms with Crippen LogP contribution in [0.5, 0.6) is 11.5 Å². The lowest BCUT2D eigenvalue weighted by atomic mass is 9.96. The molecule has 0 fully saturated rings. The molecule has 0 amide bonds. The summed E-state index contributed by atoms with van der Waals surface area (Å²) in [4.78, 5) is 32.0. The van der Waals surface area contributed by atoms with E-state index >= 15 is 0 Å². The molecule has 0 saturated carbocycles. The van der Waals surface area contributed by atoms with E-state index in [9.17, 15) is 9.59 Å². The zero-order chi connectivity index (χ0) is 30.0. The first kappa shape index (κ1) is 30.1. The van der Waals surface area contributed by atoms with Gasteiger partial charge in [0.05, 0.1) is 35.6 Å². The van der Waals surface area contributed by atoms with Gasteiger partial charge in [-0.3, -0.25) is 9.36 Å². The number of ether oxygens (including phenoxy) is 3. The number of benzene rings is 3. The summed E-state index contributed by atoms with van der Waals surface area (Å²) < 4.78 is 19.8. The summed E-state index contributed by atoms with van der Waals surface area (Å²) in [5.74, 6) is 0.517. The van der Waals surface area contributed by atoms with Crippen LogP contribution in [0.3, 0.4) is 0 Å². The van der Waals surface area contributed by atoms with Gasteiger partial charge < -0.3 is 14.2 Å². The quantitative estimate of drug-likeness (QED) is 0.199. The Bertz CT molecular complexity index is 1880. The van der Waals surface area contributed by atoms with Crippen LogP contribution < -0.4 is 24.4 Å². The molecule has 5 rings (SSSR count). The van der Waals surface area contributed by atoms with Gasteiger partial charge in [0.1, 0.15) is 6.61 Å². The smallest absolute Gasteiger partial charge is 0.338 e. The standard InChI is InChI=1S/C31H25BrCl2N2O5S/c1-4-40-30(38)27-17(2)35-31-36(28(27)19-6-9-21(32)10-7-19)29(37)26(42-31)14-18-5-12-24(25(13-18)39-3)41-16-20-8-11-22(33)15-23(20)34/h5-15,28H,4,16H2,1-3H3/b26-14-/t28-/m0/s1. The Morgan fingerprint density at radius 2 is 1.86 bits per heavy atom. The summed E-state index contributed by atoms with van der Waals surface area (Å²) in [7, 11) is 1.55. The number of carbonyl (C=O) groups is 1. The van der Waals surface area contributed by atoms with Crippen molar-refractivity contribution in [3.8, 4) is 11.5 Å². The van der Waals surface area contributed by atoms with E-state index in [-0.39, 0.29) is 18.8 Å². The Kier molecular flexibility index (Phi) is 9.22. The zero-order valence-corrected chi connectivity index (χ0v) is 26.7. The van der Waals surface area contributed by atoms with E-state index in [1.54, 1.807) is 55.9 Å². The molecular formula is C31H25BrCl2N2O5S. The van der Waals surface area contributed by atoms with E-state index in [2.05, 4.69) is 20.9 Å². The highest BCUT2D eigenvalue weighted by Crippen LogP contribution is 2.32. The van der Waals surface area contributed by atoms with Crippen molar-refractivity contribution >= 4 is 62.5 Å². The van der Waals surface area contributed by atoms with Crippen molar-refractivity contribution in [3.05, 3.63) is 123 Å². The maximum atomic E-state index is 13.9. The summed E-state index contributed by atoms with van der Waals surface area (Å²) in [6.45, 7) is 3.94. The number of thiazole rings is 1. The molecule has 0 N–H and O–H groups in total. The summed E-state index contributed by atoms with van der Waals surface area (Å²) in [6, 6.07) is 17.5. The van der Waals surface area contributed by atoms with Crippen molar-refractivity contribution in [1.29, 1.82) is 0 Å². The van der Waals surface area contributed by atoms with Crippen LogP contribution in [0.4, 0.5) is 0 Å². The maximum Gasteiger partial charge on any atom is 0.338 e. The Balaban J connectivity index is 1.53. The first-order chi connectivity index (χ1) is 20.2. The fourth-order valence-electron chi connectivity index (χ4n) is 4.59. The third-order valence-corrected chi connectivity index (χ3v) is 8.69. The van der Waals surface area contributed by atoms with Gasteiger partial charge in [0.15, 0.2) is 16.3 Å². The summed E-state index contributed by atoms with van der Waals surface area (Å²) in [6.07, 6.45) is 1.77. The highest BCUT2D eigenvalue weighted by molar-refractivity contribution is 9.10. The second-order valence-corrected chi connectivity index (χ2v) is 12.1. The second-order valence-electron chi connectivity index (χ2n) is 9.29. The summed E-state index contributed by atoms with van der Waals surface area (Å²) >= 11 is 17.0. The number of allylic oxidation sites excluding steroid dienone is 1. The highest BCUT2D eigenvalue weighted by atomic mass is 79.9. The number of rotatable bonds is 8. The maximum absolute atomic E-state index is 13.9. The largest absolute Gasteiger partial charge is 0.493 e. The van der Waals surface area contributed by atoms with Crippen LogP contribution in [0.2, 0.25) is 10.0 Å². The molecule has 0 saturated heterocycles. The van der Waals surface area contributed by atoms with Crippen molar-refractivity contribution in [2.24, 2.45) is 4.99 Å². The van der Waals surface area contributed by atoms with Crippen LogP contribution in [0, 0.1) is 0 Å². The van der Waals surface area contributed by atoms with Gasteiger partial charge in [-0.1, -0.05) is 74.7 Å². The van der Waals surface area contributed by atoms with Crippen LogP contribution in [0.1, 0.15) is 36.6 Å². The minimum absolute atomic E-state index is 0.210. The molecule has 11 heteroatoms. The Hall–Kier alpha value is -3.37. The molecule has 0 spiro atoms. The van der Waals surface area contributed by atoms with Crippen molar-refractivity contribution in [1.82, 2.24) is 4.57 Å². The number of carbonyl (C=O) groups excluding carboxylic acids is 1. The van der Waals surface area contributed by atoms with Gasteiger partial charge in [-0.15, -0.1) is 0 Å². The molecule has 0 bridgehead atoms. The van der Waals surface area contributed by atoms with Gasteiger partial charge >= 0.3 is 5.97 Å². The molecule has 1 aliphatic heterocycles. The van der Waals surface area contributed by atoms with Gasteiger partial charge in [-0.05, 0) is 67.4 Å². The molecule has 1 aliphatic rings. The first-order valence-electron chi connectivity index (χ1n) is 12.9. The number of halogens is 3. The van der Waals surface area contributed by atoms with Crippen LogP contribution in [-0.2, 0) is 16.1 Å². The minimum atomic E-state index is -0.680. The van der Waals surface area contributed by atoms with Crippen LogP contribution in [-0.4, -0.2) is 24.3 Å². The Morgan fingerprint density at radius 3 is 2.55 bits per heavy atom. The molecule has 4 aromatic rings. The molecule has 42 heavy (non-hydrogen) atoms. The fourth-order valence-corrected chi connectivity index (χ4v) is 6.36. The van der Waals surface area contributed by atoms with Gasteiger partial charge in [0, 0.05) is 20.1 Å². The van der Waals surface area contributed by atoms with Crippen molar-refractivity contribution in [2.45, 2.75) is 26.5 Å². The zero-order valence-electron chi connectivity index (χ0n) is 22.8. The number of hydrogen-bond donors (Lipinski definition) is 0. The van der Waals surface area contributed by atoms with E-state index in [0.717, 1.165) is 21.2 Å². The molecule has 7 nitrogen and oxygen atoms in total. The third-order valence-electron chi connectivity index (χ3n) is 6.59. The number of esters is 1. The lowest BCUT2D eigenvalue weighted by Crippen LogP contribution is -2.39. The summed E-state index contributed by atoms with van der Waals surface area (Å²) in [5.41, 5.74) is 2.87. The number of nitrogens with zero attached hydrogens (tertiary/aromatic N) is 2. The molecule has 216 valence electrons. The second kappa shape index (κ2) is 12.9. The fraction of sp³-hybridized carbons (Fsp3) is 0.194. The minimum Gasteiger partial charge on any atom is -0.493 e. The third kappa shape index (κ3) is 6.20. The van der Waals surface area contributed by atoms with Crippen molar-refractivity contribution in [3.63, 3.8) is 0 Å². The molecule has 2 heterocycles. The number of aromatic nitrogens is 1. The van der Waals surface area contributed by atoms with Crippen molar-refractivity contribution in [2.75, 3.05) is 13.7 Å². The molecule has 3 aromatic carbocycles. The summed E-state index contributed by atoms with van der Waals surface area (Å²) in [5, 5.41) is 1.06. The normalized spacial score (nSPS) is 14.8. The Labute approximate surface area is 264 Å². The molecule has 0 aliphatic carbocycles. The topological polar surface area (TPSA) is 79.1 Å². The molecular weight excluding hydrogens is 663 g/mol. The predicted octanol–water partition coefficient (Wildman–Crippen LogP) is 6.46. The van der Waals surface area contributed by atoms with Gasteiger partial charge in [0.2, 0.25) is 0 Å². The molecule has 0 unspecified atom stereocenters. The average Bonchev–Trinajstić information content (AvgIpc) is 3.26. The lowest BCUT2D eigenvalue weighted by Gasteiger charge is -2.24. The van der Waals surface area contributed by atoms with E-state index in [1.165, 1.54) is 11.3 Å². The predicted molar refractivity (Wildman–Crippen MR) is 168 cm³/mol. The van der Waals surface area contributed by atoms with Gasteiger partial charge in [-0.25, -0.2) is 9.79 Å². The van der Waals surface area contributed by atoms with Crippen LogP contribution in [0.25, 0.3) is 6.08 Å². The SMILES string of the molecule is CCOC(=O)C1=C(C)N=c2s/c(=C\c3ccc(OCc4ccc(Cl)cc4Cl)c(OC)c3)c(=O)n2[C@H]1c1ccc(Br)cc1.